The van der Waals surface area contributed by atoms with Crippen LogP contribution < -0.4 is 0 Å². The molecule has 1 aliphatic heterocycles. The molecule has 86 valence electrons. The molecule has 4 nitrogen and oxygen atoms in total. The van der Waals surface area contributed by atoms with Crippen molar-refractivity contribution in [2.45, 2.75) is 38.7 Å². The lowest BCUT2D eigenvalue weighted by Crippen LogP contribution is -2.33. The first-order valence-electron chi connectivity index (χ1n) is 5.51. The molecule has 15 heavy (non-hydrogen) atoms. The van der Waals surface area contributed by atoms with Gasteiger partial charge in [-0.1, -0.05) is 13.3 Å². The molecule has 0 bridgehead atoms. The predicted molar refractivity (Wildman–Crippen MR) is 58.0 cm³/mol. The van der Waals surface area contributed by atoms with Gasteiger partial charge in [0.15, 0.2) is 9.76 Å². The second-order valence-electron chi connectivity index (χ2n) is 3.77. The summed E-state index contributed by atoms with van der Waals surface area (Å²) in [4.78, 5) is 22.4. The van der Waals surface area contributed by atoms with Crippen LogP contribution in [0.1, 0.15) is 33.1 Å². The van der Waals surface area contributed by atoms with Gasteiger partial charge in [0, 0.05) is 13.0 Å². The van der Waals surface area contributed by atoms with Crippen molar-refractivity contribution in [3.63, 3.8) is 0 Å². The van der Waals surface area contributed by atoms with E-state index in [-0.39, 0.29) is 17.9 Å². The monoisotopic (exact) mass is 230 g/mol. The van der Waals surface area contributed by atoms with Crippen molar-refractivity contribution in [2.24, 2.45) is 5.92 Å². The van der Waals surface area contributed by atoms with Crippen molar-refractivity contribution in [3.05, 3.63) is 0 Å². The fourth-order valence-corrected chi connectivity index (χ4v) is 3.28. The molecule has 0 aromatic rings. The first-order valence-corrected chi connectivity index (χ1v) is 6.90. The van der Waals surface area contributed by atoms with E-state index in [1.807, 2.05) is 6.92 Å². The fourth-order valence-electron chi connectivity index (χ4n) is 1.85. The third-order valence-corrected chi connectivity index (χ3v) is 5.02. The Balaban J connectivity index is 2.51. The average Bonchev–Trinajstić information content (AvgIpc) is 2.21. The second kappa shape index (κ2) is 6.02. The zero-order valence-corrected chi connectivity index (χ0v) is 10.7. The lowest BCUT2D eigenvalue weighted by molar-refractivity contribution is -0.167. The molecule has 0 N–H and O–H groups in total. The van der Waals surface area contributed by atoms with Crippen molar-refractivity contribution in [2.75, 3.05) is 6.61 Å². The molecule has 0 spiro atoms. The van der Waals surface area contributed by atoms with Crippen LogP contribution in [0, 0.1) is 5.92 Å². The molecule has 5 heteroatoms. The van der Waals surface area contributed by atoms with Crippen LogP contribution in [0.5, 0.6) is 0 Å². The highest BCUT2D eigenvalue weighted by atomic mass is 28.2. The standard InChI is InChI=1S/C10H18O4Si/c1-3-8(15-13-4-2)7-5-6-9(11)14-10(7)12/h7-8H,3-6,15H2,1-2H3. The normalized spacial score (nSPS) is 24.5. The van der Waals surface area contributed by atoms with E-state index in [0.717, 1.165) is 6.42 Å². The molecule has 2 atom stereocenters. The number of hydrogen-bond donors (Lipinski definition) is 0. The number of carbonyl (C=O) groups excluding carboxylic acids is 2. The largest absolute Gasteiger partial charge is 0.424 e. The quantitative estimate of drug-likeness (QED) is 0.398. The van der Waals surface area contributed by atoms with Crippen LogP contribution >= 0.6 is 0 Å². The lowest BCUT2D eigenvalue weighted by atomic mass is 9.95. The summed E-state index contributed by atoms with van der Waals surface area (Å²) >= 11 is 0. The summed E-state index contributed by atoms with van der Waals surface area (Å²) in [5.74, 6) is -0.833. The summed E-state index contributed by atoms with van der Waals surface area (Å²) in [7, 11) is -0.680. The Kier molecular flexibility index (Phi) is 4.97. The van der Waals surface area contributed by atoms with Gasteiger partial charge < -0.3 is 9.16 Å². The Bertz CT molecular complexity index is 242. The van der Waals surface area contributed by atoms with Crippen molar-refractivity contribution in [1.82, 2.24) is 0 Å². The van der Waals surface area contributed by atoms with Gasteiger partial charge in [-0.15, -0.1) is 0 Å². The van der Waals surface area contributed by atoms with Crippen LogP contribution in [0.25, 0.3) is 0 Å². The molecule has 1 saturated heterocycles. The van der Waals surface area contributed by atoms with E-state index in [1.54, 1.807) is 0 Å². The van der Waals surface area contributed by atoms with Gasteiger partial charge in [0.25, 0.3) is 0 Å². The number of rotatable bonds is 5. The molecule has 1 aliphatic rings. The van der Waals surface area contributed by atoms with E-state index >= 15 is 0 Å². The van der Waals surface area contributed by atoms with Crippen molar-refractivity contribution in [1.29, 1.82) is 0 Å². The molecular formula is C10H18O4Si. The van der Waals surface area contributed by atoms with Gasteiger partial charge in [0.1, 0.15) is 0 Å². The van der Waals surface area contributed by atoms with Crippen LogP contribution in [0.4, 0.5) is 0 Å². The summed E-state index contributed by atoms with van der Waals surface area (Å²) in [6.45, 7) is 4.73. The maximum Gasteiger partial charge on any atom is 0.316 e. The Hall–Kier alpha value is -0.683. The van der Waals surface area contributed by atoms with E-state index in [4.69, 9.17) is 4.43 Å². The number of esters is 2. The molecule has 0 radical (unpaired) electrons. The zero-order valence-electron chi connectivity index (χ0n) is 9.32. The first kappa shape index (κ1) is 12.4. The Morgan fingerprint density at radius 2 is 2.27 bits per heavy atom. The highest BCUT2D eigenvalue weighted by Crippen LogP contribution is 2.30. The highest BCUT2D eigenvalue weighted by Gasteiger charge is 2.34. The maximum atomic E-state index is 11.5. The van der Waals surface area contributed by atoms with Crippen LogP contribution in [-0.2, 0) is 18.8 Å². The number of carbonyl (C=O) groups is 2. The topological polar surface area (TPSA) is 52.6 Å². The van der Waals surface area contributed by atoms with E-state index < -0.39 is 9.76 Å². The number of ether oxygens (including phenoxy) is 1. The molecule has 1 rings (SSSR count). The molecule has 0 saturated carbocycles. The SMILES string of the molecule is CCO[SiH2]C(CC)C1CCC(=O)OC1=O. The molecule has 2 unspecified atom stereocenters. The highest BCUT2D eigenvalue weighted by molar-refractivity contribution is 6.30. The molecule has 0 aliphatic carbocycles. The van der Waals surface area contributed by atoms with Gasteiger partial charge in [-0.2, -0.15) is 0 Å². The minimum absolute atomic E-state index is 0.106. The Morgan fingerprint density at radius 1 is 1.53 bits per heavy atom. The zero-order chi connectivity index (χ0) is 11.3. The van der Waals surface area contributed by atoms with Crippen LogP contribution in [0.2, 0.25) is 5.54 Å². The van der Waals surface area contributed by atoms with Gasteiger partial charge in [-0.3, -0.25) is 9.59 Å². The molecular weight excluding hydrogens is 212 g/mol. The van der Waals surface area contributed by atoms with Gasteiger partial charge in [-0.25, -0.2) is 0 Å². The summed E-state index contributed by atoms with van der Waals surface area (Å²) in [6.07, 6.45) is 1.93. The fraction of sp³-hybridized carbons (Fsp3) is 0.800. The van der Waals surface area contributed by atoms with Gasteiger partial charge in [0.2, 0.25) is 0 Å². The number of hydrogen-bond acceptors (Lipinski definition) is 4. The minimum atomic E-state index is -0.680. The first-order chi connectivity index (χ1) is 7.19. The van der Waals surface area contributed by atoms with E-state index in [0.29, 0.717) is 25.0 Å². The third kappa shape index (κ3) is 3.42. The van der Waals surface area contributed by atoms with Gasteiger partial charge in [0.05, 0.1) is 5.92 Å². The maximum absolute atomic E-state index is 11.5. The van der Waals surface area contributed by atoms with Crippen LogP contribution in [0.3, 0.4) is 0 Å². The third-order valence-electron chi connectivity index (χ3n) is 2.81. The number of cyclic esters (lactones) is 2. The van der Waals surface area contributed by atoms with Gasteiger partial charge >= 0.3 is 11.9 Å². The molecule has 0 aromatic heterocycles. The van der Waals surface area contributed by atoms with Crippen molar-refractivity contribution < 1.29 is 18.8 Å². The van der Waals surface area contributed by atoms with E-state index in [9.17, 15) is 9.59 Å². The summed E-state index contributed by atoms with van der Waals surface area (Å²) < 4.78 is 10.1. The predicted octanol–water partition coefficient (Wildman–Crippen LogP) is 0.785. The lowest BCUT2D eigenvalue weighted by Gasteiger charge is -2.26. The Morgan fingerprint density at radius 3 is 2.80 bits per heavy atom. The van der Waals surface area contributed by atoms with Crippen molar-refractivity contribution in [3.8, 4) is 0 Å². The molecule has 0 aromatic carbocycles. The van der Waals surface area contributed by atoms with Crippen LogP contribution in [0.15, 0.2) is 0 Å². The second-order valence-corrected chi connectivity index (χ2v) is 5.56. The van der Waals surface area contributed by atoms with Gasteiger partial charge in [-0.05, 0) is 18.9 Å². The van der Waals surface area contributed by atoms with E-state index in [1.165, 1.54) is 0 Å². The summed E-state index contributed by atoms with van der Waals surface area (Å²) in [5.41, 5.74) is 0.311. The minimum Gasteiger partial charge on any atom is -0.424 e. The summed E-state index contributed by atoms with van der Waals surface area (Å²) in [5, 5.41) is 0. The van der Waals surface area contributed by atoms with Crippen LogP contribution in [-0.4, -0.2) is 28.3 Å². The average molecular weight is 230 g/mol. The molecule has 1 fully saturated rings. The summed E-state index contributed by atoms with van der Waals surface area (Å²) in [6, 6.07) is 0. The molecule has 0 amide bonds. The van der Waals surface area contributed by atoms with E-state index in [2.05, 4.69) is 11.7 Å². The van der Waals surface area contributed by atoms with Crippen molar-refractivity contribution >= 4 is 21.7 Å². The Labute approximate surface area is 92.3 Å². The molecule has 1 heterocycles. The smallest absolute Gasteiger partial charge is 0.316 e.